The molecule has 0 aromatic heterocycles. The highest BCUT2D eigenvalue weighted by molar-refractivity contribution is 5.67. The molecule has 1 N–H and O–H groups in total. The summed E-state index contributed by atoms with van der Waals surface area (Å²) in [6.07, 6.45) is -5.11. The van der Waals surface area contributed by atoms with Gasteiger partial charge in [-0.1, -0.05) is 54.3 Å². The lowest BCUT2D eigenvalue weighted by atomic mass is 10.2. The van der Waals surface area contributed by atoms with E-state index in [-0.39, 0.29) is 30.9 Å². The molecule has 0 aliphatic heterocycles. The Kier molecular flexibility index (Phi) is 6.92. The molecule has 0 radical (unpaired) electrons. The van der Waals surface area contributed by atoms with Gasteiger partial charge in [0.2, 0.25) is 0 Å². The Hall–Kier alpha value is -3.14. The first-order chi connectivity index (χ1) is 12.4. The molecule has 0 aliphatic rings. The van der Waals surface area contributed by atoms with Gasteiger partial charge in [-0.15, -0.1) is 13.2 Å². The molecule has 2 aromatic rings. The maximum absolute atomic E-state index is 12.3. The molecule has 2 aromatic carbocycles. The summed E-state index contributed by atoms with van der Waals surface area (Å²) in [5.74, 6) is 4.93. The number of alkyl halides is 3. The second kappa shape index (κ2) is 9.37. The minimum Gasteiger partial charge on any atom is -0.445 e. The molecule has 2 rings (SSSR count). The Balaban J connectivity index is 1.76. The number of nitrogens with one attached hydrogen (secondary N) is 1. The van der Waals surface area contributed by atoms with Crippen LogP contribution < -0.4 is 10.1 Å². The Labute approximate surface area is 148 Å². The van der Waals surface area contributed by atoms with Crippen LogP contribution in [0.25, 0.3) is 0 Å². The predicted octanol–water partition coefficient (Wildman–Crippen LogP) is 4.25. The van der Waals surface area contributed by atoms with Crippen molar-refractivity contribution in [2.75, 3.05) is 6.54 Å². The van der Waals surface area contributed by atoms with Crippen molar-refractivity contribution in [2.45, 2.75) is 19.4 Å². The number of hydrogen-bond acceptors (Lipinski definition) is 3. The Morgan fingerprint density at radius 2 is 1.73 bits per heavy atom. The van der Waals surface area contributed by atoms with Gasteiger partial charge in [0, 0.05) is 13.0 Å². The summed E-state index contributed by atoms with van der Waals surface area (Å²) in [5, 5.41) is 2.52. The lowest BCUT2D eigenvalue weighted by molar-refractivity contribution is -0.274. The minimum atomic E-state index is -4.78. The van der Waals surface area contributed by atoms with Crippen LogP contribution in [0.1, 0.15) is 17.5 Å². The van der Waals surface area contributed by atoms with Crippen molar-refractivity contribution in [3.8, 4) is 17.6 Å². The highest BCUT2D eigenvalue weighted by Crippen LogP contribution is 2.25. The molecule has 26 heavy (non-hydrogen) atoms. The highest BCUT2D eigenvalue weighted by Gasteiger charge is 2.31. The van der Waals surface area contributed by atoms with Crippen LogP contribution >= 0.6 is 0 Å². The van der Waals surface area contributed by atoms with Crippen molar-refractivity contribution in [1.82, 2.24) is 5.32 Å². The van der Waals surface area contributed by atoms with Crippen molar-refractivity contribution < 1.29 is 27.4 Å². The van der Waals surface area contributed by atoms with Crippen LogP contribution in [-0.2, 0) is 11.3 Å². The molecule has 0 saturated heterocycles. The molecule has 7 heteroatoms. The van der Waals surface area contributed by atoms with Crippen LogP contribution in [0.2, 0.25) is 0 Å². The molecule has 0 fully saturated rings. The Morgan fingerprint density at radius 1 is 1.04 bits per heavy atom. The normalized spacial score (nSPS) is 10.4. The van der Waals surface area contributed by atoms with Gasteiger partial charge in [-0.05, 0) is 17.7 Å². The quantitative estimate of drug-likeness (QED) is 0.638. The van der Waals surface area contributed by atoms with Gasteiger partial charge >= 0.3 is 12.5 Å². The maximum atomic E-state index is 12.3. The van der Waals surface area contributed by atoms with Crippen molar-refractivity contribution in [3.05, 3.63) is 65.7 Å². The number of hydrogen-bond donors (Lipinski definition) is 1. The van der Waals surface area contributed by atoms with Crippen LogP contribution in [0.15, 0.2) is 54.6 Å². The van der Waals surface area contributed by atoms with E-state index in [1.54, 1.807) is 6.07 Å². The van der Waals surface area contributed by atoms with Gasteiger partial charge in [0.15, 0.2) is 0 Å². The van der Waals surface area contributed by atoms with Crippen LogP contribution in [0.3, 0.4) is 0 Å². The number of carbonyl (C=O) groups excluding carboxylic acids is 1. The highest BCUT2D eigenvalue weighted by atomic mass is 19.4. The van der Waals surface area contributed by atoms with Gasteiger partial charge in [0.1, 0.15) is 12.4 Å². The summed E-state index contributed by atoms with van der Waals surface area (Å²) < 4.78 is 45.9. The van der Waals surface area contributed by atoms with Gasteiger partial charge in [-0.3, -0.25) is 0 Å². The van der Waals surface area contributed by atoms with Gasteiger partial charge in [0.05, 0.1) is 5.56 Å². The first-order valence-corrected chi connectivity index (χ1v) is 7.72. The summed E-state index contributed by atoms with van der Waals surface area (Å²) in [6.45, 7) is 0.365. The number of benzene rings is 2. The molecule has 136 valence electrons. The van der Waals surface area contributed by atoms with Gasteiger partial charge in [-0.2, -0.15) is 0 Å². The number of carbonyl (C=O) groups is 1. The fourth-order valence-electron chi connectivity index (χ4n) is 1.94. The standard InChI is InChI=1S/C19H16F3NO3/c20-19(21,22)26-17-12-5-4-10-16(17)11-6-7-13-23-18(24)25-14-15-8-2-1-3-9-15/h1-5,8-10,12H,7,13-14H2,(H,23,24). The number of alkyl carbamates (subject to hydrolysis) is 1. The van der Waals surface area contributed by atoms with Crippen molar-refractivity contribution >= 4 is 6.09 Å². The summed E-state index contributed by atoms with van der Waals surface area (Å²) in [7, 11) is 0. The molecule has 4 nitrogen and oxygen atoms in total. The first kappa shape index (κ1) is 19.2. The van der Waals surface area contributed by atoms with E-state index >= 15 is 0 Å². The van der Waals surface area contributed by atoms with Crippen molar-refractivity contribution in [3.63, 3.8) is 0 Å². The van der Waals surface area contributed by atoms with Crippen LogP contribution in [0, 0.1) is 11.8 Å². The molecule has 0 saturated carbocycles. The molecule has 0 heterocycles. The monoisotopic (exact) mass is 363 g/mol. The van der Waals surface area contributed by atoms with E-state index in [0.717, 1.165) is 5.56 Å². The molecular weight excluding hydrogens is 347 g/mol. The molecular formula is C19H16F3NO3. The van der Waals surface area contributed by atoms with Crippen molar-refractivity contribution in [2.24, 2.45) is 0 Å². The maximum Gasteiger partial charge on any atom is 0.573 e. The predicted molar refractivity (Wildman–Crippen MR) is 89.2 cm³/mol. The average Bonchev–Trinajstić information content (AvgIpc) is 2.60. The topological polar surface area (TPSA) is 47.6 Å². The molecule has 0 aliphatic carbocycles. The number of amides is 1. The fraction of sp³-hybridized carbons (Fsp3) is 0.211. The largest absolute Gasteiger partial charge is 0.573 e. The number of para-hydroxylation sites is 1. The third kappa shape index (κ3) is 7.18. The molecule has 0 bridgehead atoms. The van der Waals surface area contributed by atoms with Gasteiger partial charge < -0.3 is 14.8 Å². The van der Waals surface area contributed by atoms with Gasteiger partial charge in [-0.25, -0.2) is 4.79 Å². The van der Waals surface area contributed by atoms with Crippen LogP contribution in [0.4, 0.5) is 18.0 Å². The summed E-state index contributed by atoms with van der Waals surface area (Å²) in [6, 6.07) is 14.8. The SMILES string of the molecule is O=C(NCCC#Cc1ccccc1OC(F)(F)F)OCc1ccccc1. The van der Waals surface area contributed by atoms with E-state index in [1.807, 2.05) is 30.3 Å². The van der Waals surface area contributed by atoms with E-state index in [1.165, 1.54) is 18.2 Å². The van der Waals surface area contributed by atoms with E-state index in [2.05, 4.69) is 21.9 Å². The van der Waals surface area contributed by atoms with E-state index in [4.69, 9.17) is 4.74 Å². The smallest absolute Gasteiger partial charge is 0.445 e. The van der Waals surface area contributed by atoms with E-state index in [9.17, 15) is 18.0 Å². The zero-order valence-electron chi connectivity index (χ0n) is 13.7. The summed E-state index contributed by atoms with van der Waals surface area (Å²) in [5.41, 5.74) is 0.986. The fourth-order valence-corrected chi connectivity index (χ4v) is 1.94. The third-order valence-electron chi connectivity index (χ3n) is 3.07. The average molecular weight is 363 g/mol. The van der Waals surface area contributed by atoms with E-state index < -0.39 is 12.5 Å². The Morgan fingerprint density at radius 3 is 2.46 bits per heavy atom. The third-order valence-corrected chi connectivity index (χ3v) is 3.07. The zero-order valence-corrected chi connectivity index (χ0v) is 13.7. The second-order valence-electron chi connectivity index (χ2n) is 5.08. The van der Waals surface area contributed by atoms with E-state index in [0.29, 0.717) is 0 Å². The number of ether oxygens (including phenoxy) is 2. The van der Waals surface area contributed by atoms with Gasteiger partial charge in [0.25, 0.3) is 0 Å². The summed E-state index contributed by atoms with van der Waals surface area (Å²) in [4.78, 5) is 11.5. The minimum absolute atomic E-state index is 0.122. The number of rotatable bonds is 5. The summed E-state index contributed by atoms with van der Waals surface area (Å²) >= 11 is 0. The zero-order chi connectivity index (χ0) is 18.8. The molecule has 0 spiro atoms. The number of halogens is 3. The first-order valence-electron chi connectivity index (χ1n) is 7.72. The van der Waals surface area contributed by atoms with Crippen LogP contribution in [-0.4, -0.2) is 19.0 Å². The molecule has 1 amide bonds. The Bertz CT molecular complexity index is 780. The lowest BCUT2D eigenvalue weighted by Crippen LogP contribution is -2.24. The lowest BCUT2D eigenvalue weighted by Gasteiger charge is -2.09. The van der Waals surface area contributed by atoms with Crippen molar-refractivity contribution in [1.29, 1.82) is 0 Å². The van der Waals surface area contributed by atoms with Crippen LogP contribution in [0.5, 0.6) is 5.75 Å². The second-order valence-corrected chi connectivity index (χ2v) is 5.08. The molecule has 0 atom stereocenters. The molecule has 0 unspecified atom stereocenters.